The van der Waals surface area contributed by atoms with Gasteiger partial charge in [0.05, 0.1) is 0 Å². The average molecular weight is 329 g/mol. The lowest BCUT2D eigenvalue weighted by Crippen LogP contribution is -2.02. The lowest BCUT2D eigenvalue weighted by molar-refractivity contribution is 0.939. The summed E-state index contributed by atoms with van der Waals surface area (Å²) in [4.78, 5) is 9.15. The van der Waals surface area contributed by atoms with Crippen LogP contribution < -0.4 is 5.32 Å². The van der Waals surface area contributed by atoms with Gasteiger partial charge in [0, 0.05) is 23.0 Å². The van der Waals surface area contributed by atoms with Crippen LogP contribution in [0.25, 0.3) is 17.2 Å². The monoisotopic (exact) mass is 329 g/mol. The summed E-state index contributed by atoms with van der Waals surface area (Å²) < 4.78 is 1.76. The number of hydrogen-bond donors (Lipinski definition) is 1. The van der Waals surface area contributed by atoms with Gasteiger partial charge >= 0.3 is 0 Å². The fourth-order valence-corrected chi connectivity index (χ4v) is 2.88. The van der Waals surface area contributed by atoms with Crippen LogP contribution in [0.5, 0.6) is 0 Å². The smallest absolute Gasteiger partial charge is 0.254 e. The summed E-state index contributed by atoms with van der Waals surface area (Å²) in [7, 11) is 0. The highest BCUT2D eigenvalue weighted by molar-refractivity contribution is 5.64. The molecule has 2 aromatic heterocycles. The van der Waals surface area contributed by atoms with Gasteiger partial charge in [-0.25, -0.2) is 4.98 Å². The summed E-state index contributed by atoms with van der Waals surface area (Å²) in [5.74, 6) is 2.12. The molecule has 0 unspecified atom stereocenters. The van der Waals surface area contributed by atoms with Crippen molar-refractivity contribution in [2.24, 2.45) is 0 Å². The van der Waals surface area contributed by atoms with E-state index in [9.17, 15) is 0 Å². The zero-order valence-corrected chi connectivity index (χ0v) is 14.5. The third kappa shape index (κ3) is 2.96. The third-order valence-corrected chi connectivity index (χ3v) is 4.12. The second-order valence-electron chi connectivity index (χ2n) is 6.24. The van der Waals surface area contributed by atoms with Gasteiger partial charge in [0.1, 0.15) is 5.82 Å². The molecule has 0 fully saturated rings. The molecule has 0 saturated heterocycles. The first-order chi connectivity index (χ1) is 12.1. The lowest BCUT2D eigenvalue weighted by Gasteiger charge is -2.09. The molecule has 5 nitrogen and oxygen atoms in total. The zero-order chi connectivity index (χ0) is 17.4. The molecule has 0 radical (unpaired) electrons. The summed E-state index contributed by atoms with van der Waals surface area (Å²) in [5.41, 5.74) is 5.27. The average Bonchev–Trinajstić information content (AvgIpc) is 2.99. The number of nitrogens with one attached hydrogen (secondary N) is 1. The highest BCUT2D eigenvalue weighted by atomic mass is 15.4. The Morgan fingerprint density at radius 3 is 2.52 bits per heavy atom. The van der Waals surface area contributed by atoms with E-state index in [0.29, 0.717) is 11.6 Å². The summed E-state index contributed by atoms with van der Waals surface area (Å²) in [6, 6.07) is 18.3. The third-order valence-electron chi connectivity index (χ3n) is 4.12. The van der Waals surface area contributed by atoms with Crippen molar-refractivity contribution in [3.8, 4) is 11.4 Å². The van der Waals surface area contributed by atoms with Crippen LogP contribution in [0.3, 0.4) is 0 Å². The second-order valence-corrected chi connectivity index (χ2v) is 6.24. The Hall–Kier alpha value is -3.21. The van der Waals surface area contributed by atoms with Crippen LogP contribution in [0, 0.1) is 20.8 Å². The van der Waals surface area contributed by atoms with Gasteiger partial charge in [-0.05, 0) is 44.0 Å². The van der Waals surface area contributed by atoms with Crippen molar-refractivity contribution in [3.05, 3.63) is 71.4 Å². The van der Waals surface area contributed by atoms with E-state index in [0.717, 1.165) is 28.3 Å². The number of aromatic nitrogens is 4. The number of rotatable bonds is 3. The molecule has 0 aliphatic heterocycles. The fraction of sp³-hybridized carbons (Fsp3) is 0.150. The molecule has 0 amide bonds. The predicted octanol–water partition coefficient (Wildman–Crippen LogP) is 4.46. The van der Waals surface area contributed by atoms with Crippen molar-refractivity contribution in [1.82, 2.24) is 19.6 Å². The van der Waals surface area contributed by atoms with Crippen molar-refractivity contribution in [1.29, 1.82) is 0 Å². The van der Waals surface area contributed by atoms with Gasteiger partial charge in [0.2, 0.25) is 0 Å². The Kier molecular flexibility index (Phi) is 3.69. The normalized spacial score (nSPS) is 11.0. The molecule has 124 valence electrons. The number of hydrogen-bond acceptors (Lipinski definition) is 4. The van der Waals surface area contributed by atoms with Crippen molar-refractivity contribution in [2.45, 2.75) is 20.8 Å². The molecule has 4 aromatic rings. The Labute approximate surface area is 146 Å². The van der Waals surface area contributed by atoms with E-state index < -0.39 is 0 Å². The molecule has 0 atom stereocenters. The lowest BCUT2D eigenvalue weighted by atomic mass is 10.1. The fourth-order valence-electron chi connectivity index (χ4n) is 2.88. The molecule has 2 heterocycles. The molecule has 25 heavy (non-hydrogen) atoms. The van der Waals surface area contributed by atoms with Crippen molar-refractivity contribution < 1.29 is 0 Å². The quantitative estimate of drug-likeness (QED) is 0.603. The Morgan fingerprint density at radius 2 is 1.72 bits per heavy atom. The number of aryl methyl sites for hydroxylation is 3. The number of fused-ring (bicyclic) bond motifs is 1. The standard InChI is InChI=1S/C20H19N5/c1-13-7-6-9-16(11-13)22-18-12-15(3)21-20-23-19(24-25(18)20)17-10-5-4-8-14(17)2/h4-12,22H,1-3H3. The molecular weight excluding hydrogens is 310 g/mol. The van der Waals surface area contributed by atoms with E-state index in [-0.39, 0.29) is 0 Å². The van der Waals surface area contributed by atoms with E-state index in [4.69, 9.17) is 0 Å². The maximum absolute atomic E-state index is 4.68. The van der Waals surface area contributed by atoms with Crippen LogP contribution in [-0.4, -0.2) is 19.6 Å². The van der Waals surface area contributed by atoms with Gasteiger partial charge in [-0.15, -0.1) is 5.10 Å². The first-order valence-electron chi connectivity index (χ1n) is 8.24. The Balaban J connectivity index is 1.83. The second kappa shape index (κ2) is 6.02. The summed E-state index contributed by atoms with van der Waals surface area (Å²) in [6.45, 7) is 6.10. The predicted molar refractivity (Wildman–Crippen MR) is 100 cm³/mol. The molecule has 0 bridgehead atoms. The molecular formula is C20H19N5. The molecule has 0 aliphatic rings. The number of anilines is 2. The molecule has 5 heteroatoms. The van der Waals surface area contributed by atoms with Crippen LogP contribution >= 0.6 is 0 Å². The molecule has 0 spiro atoms. The van der Waals surface area contributed by atoms with E-state index in [2.05, 4.69) is 52.4 Å². The van der Waals surface area contributed by atoms with E-state index in [1.54, 1.807) is 4.52 Å². The van der Waals surface area contributed by atoms with Crippen LogP contribution in [0.15, 0.2) is 54.6 Å². The van der Waals surface area contributed by atoms with E-state index in [1.165, 1.54) is 5.56 Å². The summed E-state index contributed by atoms with van der Waals surface area (Å²) >= 11 is 0. The number of benzene rings is 2. The van der Waals surface area contributed by atoms with Gasteiger partial charge in [-0.3, -0.25) is 0 Å². The van der Waals surface area contributed by atoms with Crippen molar-refractivity contribution in [2.75, 3.05) is 5.32 Å². The van der Waals surface area contributed by atoms with Crippen LogP contribution in [-0.2, 0) is 0 Å². The topological polar surface area (TPSA) is 55.1 Å². The van der Waals surface area contributed by atoms with Gasteiger partial charge < -0.3 is 5.32 Å². The van der Waals surface area contributed by atoms with E-state index >= 15 is 0 Å². The Morgan fingerprint density at radius 1 is 0.880 bits per heavy atom. The molecule has 4 rings (SSSR count). The summed E-state index contributed by atoms with van der Waals surface area (Å²) in [6.07, 6.45) is 0. The minimum Gasteiger partial charge on any atom is -0.340 e. The van der Waals surface area contributed by atoms with E-state index in [1.807, 2.05) is 43.3 Å². The minimum atomic E-state index is 0.591. The zero-order valence-electron chi connectivity index (χ0n) is 14.5. The molecule has 0 aliphatic carbocycles. The van der Waals surface area contributed by atoms with Gasteiger partial charge in [0.25, 0.3) is 5.78 Å². The molecule has 1 N–H and O–H groups in total. The highest BCUT2D eigenvalue weighted by Crippen LogP contribution is 2.23. The first kappa shape index (κ1) is 15.3. The Bertz CT molecular complexity index is 1060. The molecule has 0 saturated carbocycles. The van der Waals surface area contributed by atoms with Crippen LogP contribution in [0.1, 0.15) is 16.8 Å². The maximum Gasteiger partial charge on any atom is 0.254 e. The molecule has 2 aromatic carbocycles. The van der Waals surface area contributed by atoms with Crippen molar-refractivity contribution >= 4 is 17.3 Å². The van der Waals surface area contributed by atoms with Crippen molar-refractivity contribution in [3.63, 3.8) is 0 Å². The van der Waals surface area contributed by atoms with Gasteiger partial charge in [-0.1, -0.05) is 36.4 Å². The largest absolute Gasteiger partial charge is 0.340 e. The maximum atomic E-state index is 4.68. The highest BCUT2D eigenvalue weighted by Gasteiger charge is 2.13. The van der Waals surface area contributed by atoms with Gasteiger partial charge in [-0.2, -0.15) is 9.50 Å². The van der Waals surface area contributed by atoms with Gasteiger partial charge in [0.15, 0.2) is 5.82 Å². The first-order valence-corrected chi connectivity index (χ1v) is 8.24. The van der Waals surface area contributed by atoms with Crippen LogP contribution in [0.4, 0.5) is 11.5 Å². The minimum absolute atomic E-state index is 0.591. The number of nitrogens with zero attached hydrogens (tertiary/aromatic N) is 4. The summed E-state index contributed by atoms with van der Waals surface area (Å²) in [5, 5.41) is 8.11. The SMILES string of the molecule is Cc1cccc(Nc2cc(C)nc3nc(-c4ccccc4C)nn23)c1. The van der Waals surface area contributed by atoms with Crippen LogP contribution in [0.2, 0.25) is 0 Å².